The van der Waals surface area contributed by atoms with E-state index in [2.05, 4.69) is 10.1 Å². The summed E-state index contributed by atoms with van der Waals surface area (Å²) < 4.78 is 80.4. The van der Waals surface area contributed by atoms with Gasteiger partial charge in [-0.2, -0.15) is 17.6 Å². The average Bonchev–Trinajstić information content (AvgIpc) is 2.53. The minimum absolute atomic E-state index is 0.333. The second kappa shape index (κ2) is 8.06. The number of alkyl halides is 6. The Kier molecular flexibility index (Phi) is 6.34. The van der Waals surface area contributed by atoms with E-state index in [0.29, 0.717) is 31.7 Å². The van der Waals surface area contributed by atoms with Gasteiger partial charge in [-0.1, -0.05) is 12.1 Å². The van der Waals surface area contributed by atoms with E-state index in [0.717, 1.165) is 12.1 Å². The topological polar surface area (TPSA) is 24.5 Å². The molecule has 0 saturated carbocycles. The Bertz CT molecular complexity index is 522. The second-order valence-corrected chi connectivity index (χ2v) is 5.47. The summed E-state index contributed by atoms with van der Waals surface area (Å²) in [5.41, 5.74) is 0.333. The summed E-state index contributed by atoms with van der Waals surface area (Å²) in [7, 11) is 0. The highest BCUT2D eigenvalue weighted by molar-refractivity contribution is 5.31. The number of piperazine rings is 1. The number of ether oxygens (including phenoxy) is 1. The zero-order chi connectivity index (χ0) is 17.7. The van der Waals surface area contributed by atoms with Crippen molar-refractivity contribution in [2.75, 3.05) is 26.2 Å². The van der Waals surface area contributed by atoms with E-state index in [1.54, 1.807) is 0 Å². The van der Waals surface area contributed by atoms with E-state index >= 15 is 0 Å². The van der Waals surface area contributed by atoms with Crippen LogP contribution in [-0.4, -0.2) is 50.0 Å². The van der Waals surface area contributed by atoms with E-state index in [4.69, 9.17) is 0 Å². The fraction of sp³-hybridized carbons (Fsp3) is 0.600. The molecule has 1 fully saturated rings. The van der Waals surface area contributed by atoms with Crippen LogP contribution in [0.2, 0.25) is 0 Å². The molecule has 3 nitrogen and oxygen atoms in total. The maximum Gasteiger partial charge on any atom is 0.461 e. The van der Waals surface area contributed by atoms with Gasteiger partial charge in [-0.15, -0.1) is 0 Å². The Labute approximate surface area is 135 Å². The van der Waals surface area contributed by atoms with Gasteiger partial charge in [-0.3, -0.25) is 4.90 Å². The standard InChI is InChI=1S/C15H18F6N2O/c16-13(17)9-12(23-6-4-22-5-7-23)10-2-1-3-11(8-10)24-15(20,21)14(18)19/h1-3,8,12-14,22H,4-7,9H2/t12-/m0/s1. The van der Waals surface area contributed by atoms with Gasteiger partial charge < -0.3 is 10.1 Å². The van der Waals surface area contributed by atoms with E-state index in [1.807, 2.05) is 4.90 Å². The molecule has 1 aliphatic rings. The largest absolute Gasteiger partial charge is 0.461 e. The second-order valence-electron chi connectivity index (χ2n) is 5.47. The van der Waals surface area contributed by atoms with Crippen LogP contribution < -0.4 is 10.1 Å². The number of rotatable bonds is 7. The van der Waals surface area contributed by atoms with E-state index in [-0.39, 0.29) is 0 Å². The Hall–Kier alpha value is -1.48. The quantitative estimate of drug-likeness (QED) is 0.757. The lowest BCUT2D eigenvalue weighted by molar-refractivity contribution is -0.253. The lowest BCUT2D eigenvalue weighted by Gasteiger charge is -2.35. The molecule has 0 unspecified atom stereocenters. The van der Waals surface area contributed by atoms with Crippen LogP contribution in [0.1, 0.15) is 18.0 Å². The highest BCUT2D eigenvalue weighted by Crippen LogP contribution is 2.32. The first-order valence-corrected chi connectivity index (χ1v) is 7.47. The third-order valence-electron chi connectivity index (χ3n) is 3.74. The Morgan fingerprint density at radius 2 is 1.79 bits per heavy atom. The SMILES string of the molecule is FC(F)C[C@@H](c1cccc(OC(F)(F)C(F)F)c1)N1CCNCC1. The van der Waals surface area contributed by atoms with Gasteiger partial charge in [-0.25, -0.2) is 8.78 Å². The molecule has 1 atom stereocenters. The molecule has 0 radical (unpaired) electrons. The number of hydrogen-bond acceptors (Lipinski definition) is 3. The maximum absolute atomic E-state index is 13.0. The number of benzene rings is 1. The van der Waals surface area contributed by atoms with Crippen molar-refractivity contribution in [2.24, 2.45) is 0 Å². The maximum atomic E-state index is 13.0. The number of hydrogen-bond donors (Lipinski definition) is 1. The molecular weight excluding hydrogens is 338 g/mol. The van der Waals surface area contributed by atoms with Gasteiger partial charge in [0.2, 0.25) is 6.43 Å². The predicted molar refractivity (Wildman–Crippen MR) is 75.8 cm³/mol. The van der Waals surface area contributed by atoms with Crippen molar-refractivity contribution in [3.63, 3.8) is 0 Å². The van der Waals surface area contributed by atoms with Crippen molar-refractivity contribution in [1.82, 2.24) is 10.2 Å². The molecule has 136 valence electrons. The van der Waals surface area contributed by atoms with Gasteiger partial charge in [0.05, 0.1) is 0 Å². The Morgan fingerprint density at radius 1 is 1.12 bits per heavy atom. The van der Waals surface area contributed by atoms with Gasteiger partial charge >= 0.3 is 12.5 Å². The molecule has 1 heterocycles. The molecule has 0 amide bonds. The van der Waals surface area contributed by atoms with E-state index < -0.39 is 37.2 Å². The van der Waals surface area contributed by atoms with E-state index in [1.165, 1.54) is 12.1 Å². The van der Waals surface area contributed by atoms with Crippen molar-refractivity contribution in [1.29, 1.82) is 0 Å². The minimum atomic E-state index is -4.63. The van der Waals surface area contributed by atoms with Gasteiger partial charge in [0.15, 0.2) is 0 Å². The zero-order valence-corrected chi connectivity index (χ0v) is 12.7. The summed E-state index contributed by atoms with van der Waals surface area (Å²) in [6.07, 6.45) is -11.7. The van der Waals surface area contributed by atoms with Crippen LogP contribution in [0.25, 0.3) is 0 Å². The number of nitrogens with zero attached hydrogens (tertiary/aromatic N) is 1. The van der Waals surface area contributed by atoms with Crippen LogP contribution in [0, 0.1) is 0 Å². The lowest BCUT2D eigenvalue weighted by Crippen LogP contribution is -2.45. The van der Waals surface area contributed by atoms with Crippen molar-refractivity contribution in [2.45, 2.75) is 31.4 Å². The van der Waals surface area contributed by atoms with Crippen molar-refractivity contribution in [3.05, 3.63) is 29.8 Å². The fourth-order valence-electron chi connectivity index (χ4n) is 2.65. The summed E-state index contributed by atoms with van der Waals surface area (Å²) in [6, 6.07) is 4.34. The van der Waals surface area contributed by atoms with Gasteiger partial charge in [0, 0.05) is 38.6 Å². The summed E-state index contributed by atoms with van der Waals surface area (Å²) in [5.74, 6) is -0.479. The lowest BCUT2D eigenvalue weighted by atomic mass is 10.0. The summed E-state index contributed by atoms with van der Waals surface area (Å²) in [6.45, 7) is 2.30. The normalized spacial score (nSPS) is 18.2. The molecule has 0 bridgehead atoms. The van der Waals surface area contributed by atoms with Crippen molar-refractivity contribution in [3.8, 4) is 5.75 Å². The van der Waals surface area contributed by atoms with Crippen LogP contribution in [0.5, 0.6) is 5.75 Å². The molecule has 0 aromatic heterocycles. The first-order chi connectivity index (χ1) is 11.3. The van der Waals surface area contributed by atoms with Crippen LogP contribution in [0.15, 0.2) is 24.3 Å². The molecule has 24 heavy (non-hydrogen) atoms. The number of halogens is 6. The highest BCUT2D eigenvalue weighted by atomic mass is 19.3. The highest BCUT2D eigenvalue weighted by Gasteiger charge is 2.44. The van der Waals surface area contributed by atoms with Crippen LogP contribution in [0.3, 0.4) is 0 Å². The molecule has 9 heteroatoms. The van der Waals surface area contributed by atoms with E-state index in [9.17, 15) is 26.3 Å². The molecule has 1 aromatic rings. The molecule has 1 N–H and O–H groups in total. The van der Waals surface area contributed by atoms with Gasteiger partial charge in [0.25, 0.3) is 0 Å². The molecule has 1 saturated heterocycles. The molecule has 1 aliphatic heterocycles. The summed E-state index contributed by atoms with van der Waals surface area (Å²) in [4.78, 5) is 1.81. The van der Waals surface area contributed by atoms with Crippen LogP contribution in [0.4, 0.5) is 26.3 Å². The van der Waals surface area contributed by atoms with Crippen LogP contribution >= 0.6 is 0 Å². The van der Waals surface area contributed by atoms with Crippen molar-refractivity contribution >= 4 is 0 Å². The Morgan fingerprint density at radius 3 is 2.38 bits per heavy atom. The summed E-state index contributed by atoms with van der Waals surface area (Å²) in [5, 5.41) is 3.09. The zero-order valence-electron chi connectivity index (χ0n) is 12.7. The third kappa shape index (κ3) is 5.01. The molecule has 2 rings (SSSR count). The van der Waals surface area contributed by atoms with Crippen LogP contribution in [-0.2, 0) is 0 Å². The van der Waals surface area contributed by atoms with Gasteiger partial charge in [-0.05, 0) is 17.7 Å². The minimum Gasteiger partial charge on any atom is -0.428 e. The monoisotopic (exact) mass is 356 g/mol. The average molecular weight is 356 g/mol. The fourth-order valence-corrected chi connectivity index (χ4v) is 2.65. The Balaban J connectivity index is 2.21. The molecule has 0 aliphatic carbocycles. The molecular formula is C15H18F6N2O. The van der Waals surface area contributed by atoms with Gasteiger partial charge in [0.1, 0.15) is 5.75 Å². The first-order valence-electron chi connectivity index (χ1n) is 7.47. The molecule has 1 aromatic carbocycles. The molecule has 0 spiro atoms. The predicted octanol–water partition coefficient (Wildman–Crippen LogP) is 3.52. The smallest absolute Gasteiger partial charge is 0.428 e. The van der Waals surface area contributed by atoms with Crippen molar-refractivity contribution < 1.29 is 31.1 Å². The summed E-state index contributed by atoms with van der Waals surface area (Å²) >= 11 is 0. The first kappa shape index (κ1) is 18.9. The number of nitrogens with one attached hydrogen (secondary N) is 1. The third-order valence-corrected chi connectivity index (χ3v) is 3.74.